The predicted molar refractivity (Wildman–Crippen MR) is 114 cm³/mol. The lowest BCUT2D eigenvalue weighted by molar-refractivity contribution is -0.142. The van der Waals surface area contributed by atoms with Gasteiger partial charge in [-0.3, -0.25) is 9.69 Å². The van der Waals surface area contributed by atoms with Gasteiger partial charge >= 0.3 is 0 Å². The average molecular weight is 392 g/mol. The number of aryl methyl sites for hydroxylation is 1. The van der Waals surface area contributed by atoms with Crippen LogP contribution in [0.25, 0.3) is 16.8 Å². The van der Waals surface area contributed by atoms with E-state index >= 15 is 0 Å². The number of carbonyl (C=O) groups excluding carboxylic acids is 1. The van der Waals surface area contributed by atoms with Crippen molar-refractivity contribution in [1.82, 2.24) is 24.4 Å². The molecule has 1 fully saturated rings. The highest BCUT2D eigenvalue weighted by Gasteiger charge is 2.31. The van der Waals surface area contributed by atoms with Gasteiger partial charge in [0.2, 0.25) is 5.91 Å². The van der Waals surface area contributed by atoms with Crippen LogP contribution >= 0.6 is 0 Å². The molecule has 1 aliphatic heterocycles. The van der Waals surface area contributed by atoms with E-state index in [9.17, 15) is 4.79 Å². The lowest BCUT2D eigenvalue weighted by atomic mass is 10.0. The van der Waals surface area contributed by atoms with E-state index in [-0.39, 0.29) is 11.9 Å². The van der Waals surface area contributed by atoms with Crippen molar-refractivity contribution in [2.24, 2.45) is 5.92 Å². The molecule has 1 atom stereocenters. The molecule has 1 aliphatic rings. The van der Waals surface area contributed by atoms with Crippen molar-refractivity contribution in [3.05, 3.63) is 54.0 Å². The normalized spacial score (nSPS) is 18.2. The predicted octanol–water partition coefficient (Wildman–Crippen LogP) is 3.39. The number of benzene rings is 1. The van der Waals surface area contributed by atoms with Crippen molar-refractivity contribution in [3.63, 3.8) is 0 Å². The maximum atomic E-state index is 12.9. The summed E-state index contributed by atoms with van der Waals surface area (Å²) >= 11 is 0. The number of amides is 1. The molecule has 3 heterocycles. The molecule has 0 radical (unpaired) electrons. The molecule has 0 bridgehead atoms. The van der Waals surface area contributed by atoms with Gasteiger partial charge in [-0.15, -0.1) is 0 Å². The standard InChI is InChI=1S/C23H29N5O/c1-16(2)13-26-10-11-27(23(29)18(26)4)14-20-8-7-19(12-17(20)3)22-21-6-5-9-28(21)25-15-24-22/h5-9,12,15-16,18H,10-11,13-14H2,1-4H3. The van der Waals surface area contributed by atoms with E-state index in [0.717, 1.165) is 36.4 Å². The molecular weight excluding hydrogens is 362 g/mol. The van der Waals surface area contributed by atoms with Crippen LogP contribution in [0.2, 0.25) is 0 Å². The Bertz CT molecular complexity index is 1030. The smallest absolute Gasteiger partial charge is 0.239 e. The summed E-state index contributed by atoms with van der Waals surface area (Å²) in [6.07, 6.45) is 3.51. The zero-order chi connectivity index (χ0) is 20.5. The van der Waals surface area contributed by atoms with Gasteiger partial charge in [-0.25, -0.2) is 9.50 Å². The summed E-state index contributed by atoms with van der Waals surface area (Å²) in [4.78, 5) is 21.7. The molecule has 0 saturated carbocycles. The number of carbonyl (C=O) groups is 1. The Morgan fingerprint density at radius 2 is 2.03 bits per heavy atom. The van der Waals surface area contributed by atoms with E-state index in [1.54, 1.807) is 6.33 Å². The first-order valence-electron chi connectivity index (χ1n) is 10.3. The maximum absolute atomic E-state index is 12.9. The highest BCUT2D eigenvalue weighted by atomic mass is 16.2. The van der Waals surface area contributed by atoms with E-state index in [0.29, 0.717) is 12.5 Å². The Morgan fingerprint density at radius 1 is 1.21 bits per heavy atom. The molecular formula is C23H29N5O. The van der Waals surface area contributed by atoms with Crippen molar-refractivity contribution in [3.8, 4) is 11.3 Å². The van der Waals surface area contributed by atoms with E-state index in [1.807, 2.05) is 34.7 Å². The fourth-order valence-corrected chi connectivity index (χ4v) is 4.16. The number of hydrogen-bond donors (Lipinski definition) is 0. The SMILES string of the molecule is Cc1cc(-c2ncnn3cccc23)ccc1CN1CCN(CC(C)C)C(C)C1=O. The highest BCUT2D eigenvalue weighted by molar-refractivity contribution is 5.82. The molecule has 4 rings (SSSR count). The second kappa shape index (κ2) is 7.95. The molecule has 1 unspecified atom stereocenters. The minimum atomic E-state index is -0.0469. The molecule has 6 nitrogen and oxygen atoms in total. The number of aromatic nitrogens is 3. The van der Waals surface area contributed by atoms with Gasteiger partial charge in [0, 0.05) is 37.9 Å². The van der Waals surface area contributed by atoms with Crippen LogP contribution in [0.15, 0.2) is 42.9 Å². The third-order valence-electron chi connectivity index (χ3n) is 5.78. The van der Waals surface area contributed by atoms with Crippen LogP contribution in [0.3, 0.4) is 0 Å². The number of nitrogens with zero attached hydrogens (tertiary/aromatic N) is 5. The third-order valence-corrected chi connectivity index (χ3v) is 5.78. The fraction of sp³-hybridized carbons (Fsp3) is 0.435. The van der Waals surface area contributed by atoms with E-state index < -0.39 is 0 Å². The summed E-state index contributed by atoms with van der Waals surface area (Å²) < 4.78 is 1.84. The monoisotopic (exact) mass is 391 g/mol. The molecule has 29 heavy (non-hydrogen) atoms. The van der Waals surface area contributed by atoms with Gasteiger partial charge in [0.25, 0.3) is 0 Å². The molecule has 152 valence electrons. The number of hydrogen-bond acceptors (Lipinski definition) is 4. The zero-order valence-electron chi connectivity index (χ0n) is 17.7. The topological polar surface area (TPSA) is 53.7 Å². The van der Waals surface area contributed by atoms with Crippen LogP contribution in [0, 0.1) is 12.8 Å². The first-order chi connectivity index (χ1) is 13.9. The highest BCUT2D eigenvalue weighted by Crippen LogP contribution is 2.25. The van der Waals surface area contributed by atoms with Gasteiger partial charge in [-0.05, 0) is 49.1 Å². The van der Waals surface area contributed by atoms with Gasteiger partial charge < -0.3 is 4.90 Å². The molecule has 1 aromatic carbocycles. The molecule has 1 saturated heterocycles. The first-order valence-corrected chi connectivity index (χ1v) is 10.3. The van der Waals surface area contributed by atoms with Crippen molar-refractivity contribution in [2.45, 2.75) is 40.3 Å². The minimum Gasteiger partial charge on any atom is -0.336 e. The van der Waals surface area contributed by atoms with Crippen molar-refractivity contribution >= 4 is 11.4 Å². The second-order valence-corrected chi connectivity index (χ2v) is 8.41. The van der Waals surface area contributed by atoms with Crippen LogP contribution < -0.4 is 0 Å². The number of piperazine rings is 1. The zero-order valence-corrected chi connectivity index (χ0v) is 17.7. The summed E-state index contributed by atoms with van der Waals surface area (Å²) in [6, 6.07) is 10.3. The van der Waals surface area contributed by atoms with Gasteiger partial charge in [0.05, 0.1) is 17.3 Å². The molecule has 0 aliphatic carbocycles. The Kier molecular flexibility index (Phi) is 5.37. The molecule has 2 aromatic heterocycles. The lowest BCUT2D eigenvalue weighted by Crippen LogP contribution is -2.56. The van der Waals surface area contributed by atoms with Crippen LogP contribution in [-0.4, -0.2) is 56.0 Å². The lowest BCUT2D eigenvalue weighted by Gasteiger charge is -2.40. The third kappa shape index (κ3) is 3.90. The van der Waals surface area contributed by atoms with Crippen molar-refractivity contribution in [1.29, 1.82) is 0 Å². The Balaban J connectivity index is 1.52. The summed E-state index contributed by atoms with van der Waals surface area (Å²) in [5.74, 6) is 0.798. The van der Waals surface area contributed by atoms with Crippen molar-refractivity contribution in [2.75, 3.05) is 19.6 Å². The number of rotatable bonds is 5. The molecule has 3 aromatic rings. The Morgan fingerprint density at radius 3 is 2.79 bits per heavy atom. The van der Waals surface area contributed by atoms with E-state index in [2.05, 4.69) is 54.0 Å². The first kappa shape index (κ1) is 19.6. The Hall–Kier alpha value is -2.73. The maximum Gasteiger partial charge on any atom is 0.239 e. The minimum absolute atomic E-state index is 0.0469. The summed E-state index contributed by atoms with van der Waals surface area (Å²) in [7, 11) is 0. The fourth-order valence-electron chi connectivity index (χ4n) is 4.16. The molecule has 1 amide bonds. The van der Waals surface area contributed by atoms with Gasteiger partial charge in [0.15, 0.2) is 0 Å². The van der Waals surface area contributed by atoms with Gasteiger partial charge in [0.1, 0.15) is 6.33 Å². The van der Waals surface area contributed by atoms with Crippen LogP contribution in [0.5, 0.6) is 0 Å². The summed E-state index contributed by atoms with van der Waals surface area (Å²) in [5, 5.41) is 4.24. The summed E-state index contributed by atoms with van der Waals surface area (Å²) in [6.45, 7) is 11.9. The summed E-state index contributed by atoms with van der Waals surface area (Å²) in [5.41, 5.74) is 5.35. The number of fused-ring (bicyclic) bond motifs is 1. The van der Waals surface area contributed by atoms with Crippen LogP contribution in [0.4, 0.5) is 0 Å². The van der Waals surface area contributed by atoms with Crippen LogP contribution in [0.1, 0.15) is 31.9 Å². The van der Waals surface area contributed by atoms with Gasteiger partial charge in [-0.2, -0.15) is 5.10 Å². The second-order valence-electron chi connectivity index (χ2n) is 8.41. The van der Waals surface area contributed by atoms with Crippen LogP contribution in [-0.2, 0) is 11.3 Å². The van der Waals surface area contributed by atoms with Gasteiger partial charge in [-0.1, -0.05) is 26.0 Å². The largest absolute Gasteiger partial charge is 0.336 e. The van der Waals surface area contributed by atoms with E-state index in [4.69, 9.17) is 0 Å². The molecule has 0 N–H and O–H groups in total. The quantitative estimate of drug-likeness (QED) is 0.669. The molecule has 0 spiro atoms. The average Bonchev–Trinajstić information content (AvgIpc) is 3.17. The van der Waals surface area contributed by atoms with Crippen molar-refractivity contribution < 1.29 is 4.79 Å². The van der Waals surface area contributed by atoms with E-state index in [1.165, 1.54) is 11.1 Å². The Labute approximate surface area is 172 Å². The molecule has 6 heteroatoms.